The van der Waals surface area contributed by atoms with Crippen LogP contribution in [0.1, 0.15) is 10.4 Å². The van der Waals surface area contributed by atoms with Gasteiger partial charge in [0.05, 0.1) is 17.7 Å². The quantitative estimate of drug-likeness (QED) is 0.568. The van der Waals surface area contributed by atoms with Crippen molar-refractivity contribution in [3.63, 3.8) is 0 Å². The van der Waals surface area contributed by atoms with Gasteiger partial charge in [0.2, 0.25) is 0 Å². The molecule has 0 aliphatic carbocycles. The Kier molecular flexibility index (Phi) is 7.32. The summed E-state index contributed by atoms with van der Waals surface area (Å²) < 4.78 is 59.5. The first kappa shape index (κ1) is 25.0. The minimum atomic E-state index is -3.91. The molecular formula is C21H28N4O6S2. The first-order valence-electron chi connectivity index (χ1n) is 10.2. The highest BCUT2D eigenvalue weighted by Crippen LogP contribution is 2.25. The van der Waals surface area contributed by atoms with Gasteiger partial charge in [-0.2, -0.15) is 17.0 Å². The van der Waals surface area contributed by atoms with E-state index < -0.39 is 20.2 Å². The summed E-state index contributed by atoms with van der Waals surface area (Å²) in [5.41, 5.74) is 0.675. The van der Waals surface area contributed by atoms with E-state index in [0.717, 1.165) is 8.61 Å². The van der Waals surface area contributed by atoms with Crippen LogP contribution in [0.3, 0.4) is 0 Å². The number of benzene rings is 2. The number of anilines is 1. The van der Waals surface area contributed by atoms with Crippen molar-refractivity contribution in [1.82, 2.24) is 13.5 Å². The van der Waals surface area contributed by atoms with Crippen molar-refractivity contribution in [3.05, 3.63) is 54.1 Å². The number of hydrogen-bond acceptors (Lipinski definition) is 6. The van der Waals surface area contributed by atoms with Crippen molar-refractivity contribution in [2.24, 2.45) is 0 Å². The minimum Gasteiger partial charge on any atom is -0.497 e. The van der Waals surface area contributed by atoms with Gasteiger partial charge in [0.25, 0.3) is 26.1 Å². The maximum Gasteiger partial charge on any atom is 0.281 e. The summed E-state index contributed by atoms with van der Waals surface area (Å²) in [6, 6.07) is 12.5. The summed E-state index contributed by atoms with van der Waals surface area (Å²) in [6.45, 7) is 0.776. The van der Waals surface area contributed by atoms with Gasteiger partial charge in [-0.05, 0) is 42.5 Å². The monoisotopic (exact) mass is 496 g/mol. The zero-order valence-corrected chi connectivity index (χ0v) is 20.6. The van der Waals surface area contributed by atoms with Crippen molar-refractivity contribution < 1.29 is 26.4 Å². The number of methoxy groups -OCH3 is 1. The fourth-order valence-electron chi connectivity index (χ4n) is 3.41. The molecule has 0 radical (unpaired) electrons. The highest BCUT2D eigenvalue weighted by Gasteiger charge is 2.31. The van der Waals surface area contributed by atoms with Gasteiger partial charge in [-0.1, -0.05) is 6.07 Å². The molecule has 1 amide bonds. The van der Waals surface area contributed by atoms with Gasteiger partial charge in [0, 0.05) is 52.9 Å². The van der Waals surface area contributed by atoms with Crippen LogP contribution in [0.2, 0.25) is 0 Å². The van der Waals surface area contributed by atoms with Crippen LogP contribution in [0.4, 0.5) is 5.69 Å². The Labute approximate surface area is 195 Å². The summed E-state index contributed by atoms with van der Waals surface area (Å²) in [5.74, 6) is 0.261. The summed E-state index contributed by atoms with van der Waals surface area (Å²) >= 11 is 0. The van der Waals surface area contributed by atoms with Crippen LogP contribution in [-0.4, -0.2) is 90.7 Å². The molecule has 2 aromatic rings. The molecule has 10 nitrogen and oxygen atoms in total. The number of carbonyl (C=O) groups is 1. The molecule has 1 fully saturated rings. The van der Waals surface area contributed by atoms with E-state index in [4.69, 9.17) is 4.74 Å². The Balaban J connectivity index is 1.77. The zero-order valence-electron chi connectivity index (χ0n) is 19.0. The molecule has 12 heteroatoms. The Morgan fingerprint density at radius 1 is 0.909 bits per heavy atom. The molecule has 1 aliphatic heterocycles. The molecular weight excluding hydrogens is 468 g/mol. The van der Waals surface area contributed by atoms with Crippen molar-refractivity contribution >= 4 is 31.8 Å². The molecule has 0 aromatic heterocycles. The lowest BCUT2D eigenvalue weighted by atomic mass is 10.2. The van der Waals surface area contributed by atoms with Gasteiger partial charge in [-0.15, -0.1) is 0 Å². The van der Waals surface area contributed by atoms with E-state index in [2.05, 4.69) is 0 Å². The predicted molar refractivity (Wildman–Crippen MR) is 125 cm³/mol. The lowest BCUT2D eigenvalue weighted by Crippen LogP contribution is -2.53. The average Bonchev–Trinajstić information content (AvgIpc) is 2.83. The van der Waals surface area contributed by atoms with Gasteiger partial charge in [-0.3, -0.25) is 9.10 Å². The number of carbonyl (C=O) groups excluding carboxylic acids is 1. The summed E-state index contributed by atoms with van der Waals surface area (Å²) in [6.07, 6.45) is 0. The van der Waals surface area contributed by atoms with E-state index >= 15 is 0 Å². The molecule has 33 heavy (non-hydrogen) atoms. The predicted octanol–water partition coefficient (Wildman–Crippen LogP) is 1.08. The third-order valence-corrected chi connectivity index (χ3v) is 9.21. The molecule has 0 spiro atoms. The van der Waals surface area contributed by atoms with Gasteiger partial charge in [-0.25, -0.2) is 8.42 Å². The lowest BCUT2D eigenvalue weighted by Gasteiger charge is -2.35. The first-order valence-corrected chi connectivity index (χ1v) is 13.0. The van der Waals surface area contributed by atoms with Gasteiger partial charge in [0.1, 0.15) is 5.75 Å². The first-order chi connectivity index (χ1) is 15.5. The molecule has 0 N–H and O–H groups in total. The van der Waals surface area contributed by atoms with Crippen LogP contribution in [0.15, 0.2) is 53.4 Å². The molecule has 1 aliphatic rings. The average molecular weight is 497 g/mol. The third kappa shape index (κ3) is 5.13. The van der Waals surface area contributed by atoms with Crippen LogP contribution >= 0.6 is 0 Å². The molecule has 2 aromatic carbocycles. The van der Waals surface area contributed by atoms with E-state index in [-0.39, 0.29) is 42.5 Å². The number of hydrogen-bond donors (Lipinski definition) is 0. The van der Waals surface area contributed by atoms with Crippen molar-refractivity contribution in [1.29, 1.82) is 0 Å². The molecule has 0 atom stereocenters. The fourth-order valence-corrected chi connectivity index (χ4v) is 5.74. The molecule has 0 bridgehead atoms. The number of piperazine rings is 1. The topological polar surface area (TPSA) is 108 Å². The Bertz CT molecular complexity index is 1210. The second-order valence-electron chi connectivity index (χ2n) is 7.68. The largest absolute Gasteiger partial charge is 0.497 e. The molecule has 3 rings (SSSR count). The van der Waals surface area contributed by atoms with Gasteiger partial charge >= 0.3 is 0 Å². The van der Waals surface area contributed by atoms with Crippen LogP contribution in [-0.2, 0) is 20.2 Å². The van der Waals surface area contributed by atoms with Crippen LogP contribution < -0.4 is 9.04 Å². The van der Waals surface area contributed by atoms with E-state index in [1.807, 2.05) is 0 Å². The Morgan fingerprint density at radius 3 is 2.06 bits per heavy atom. The Morgan fingerprint density at radius 2 is 1.52 bits per heavy atom. The smallest absolute Gasteiger partial charge is 0.281 e. The maximum atomic E-state index is 13.1. The van der Waals surface area contributed by atoms with Crippen LogP contribution in [0, 0.1) is 0 Å². The highest BCUT2D eigenvalue weighted by atomic mass is 32.2. The van der Waals surface area contributed by atoms with Crippen molar-refractivity contribution in [2.75, 3.05) is 58.7 Å². The third-order valence-electron chi connectivity index (χ3n) is 5.49. The number of amides is 1. The number of sulfonamides is 1. The van der Waals surface area contributed by atoms with Crippen LogP contribution in [0.25, 0.3) is 0 Å². The molecule has 1 heterocycles. The lowest BCUT2D eigenvalue weighted by molar-refractivity contribution is 0.0695. The van der Waals surface area contributed by atoms with E-state index in [1.54, 1.807) is 30.3 Å². The molecule has 0 unspecified atom stereocenters. The zero-order chi connectivity index (χ0) is 24.4. The van der Waals surface area contributed by atoms with E-state index in [0.29, 0.717) is 11.4 Å². The van der Waals surface area contributed by atoms with E-state index in [9.17, 15) is 21.6 Å². The van der Waals surface area contributed by atoms with Crippen molar-refractivity contribution in [2.45, 2.75) is 4.90 Å². The second-order valence-corrected chi connectivity index (χ2v) is 11.8. The fraction of sp³-hybridized carbons (Fsp3) is 0.381. The van der Waals surface area contributed by atoms with Crippen molar-refractivity contribution in [3.8, 4) is 5.75 Å². The van der Waals surface area contributed by atoms with Gasteiger partial charge in [0.15, 0.2) is 0 Å². The second kappa shape index (κ2) is 9.67. The Hall–Kier alpha value is -2.67. The number of rotatable bonds is 7. The van der Waals surface area contributed by atoms with E-state index in [1.165, 1.54) is 55.7 Å². The standard InChI is InChI=1S/C21H28N4O6S2/c1-22(2)33(29,30)25-14-12-24(13-15-25)21(26)17-6-5-7-20(16-17)32(27,28)23(3)18-8-10-19(31-4)11-9-18/h5-11,16H,12-15H2,1-4H3. The number of ether oxygens (including phenoxy) is 1. The molecule has 1 saturated heterocycles. The highest BCUT2D eigenvalue weighted by molar-refractivity contribution is 7.92. The number of nitrogens with zero attached hydrogens (tertiary/aromatic N) is 4. The minimum absolute atomic E-state index is 0.0134. The SMILES string of the molecule is COc1ccc(N(C)S(=O)(=O)c2cccc(C(=O)N3CCN(S(=O)(=O)N(C)C)CC3)c2)cc1. The normalized spacial score (nSPS) is 15.5. The van der Waals surface area contributed by atoms with Crippen LogP contribution in [0.5, 0.6) is 5.75 Å². The maximum absolute atomic E-state index is 13.1. The summed E-state index contributed by atoms with van der Waals surface area (Å²) in [4.78, 5) is 14.5. The molecule has 180 valence electrons. The summed E-state index contributed by atoms with van der Waals surface area (Å²) in [7, 11) is -1.56. The summed E-state index contributed by atoms with van der Waals surface area (Å²) in [5, 5.41) is 0. The molecule has 0 saturated carbocycles. The van der Waals surface area contributed by atoms with Gasteiger partial charge < -0.3 is 9.64 Å².